The van der Waals surface area contributed by atoms with Crippen molar-refractivity contribution in [3.8, 4) is 5.75 Å². The summed E-state index contributed by atoms with van der Waals surface area (Å²) < 4.78 is 5.73. The molecule has 2 amide bonds. The van der Waals surface area contributed by atoms with Crippen LogP contribution in [0.15, 0.2) is 48.5 Å². The molecule has 0 heterocycles. The fourth-order valence-electron chi connectivity index (χ4n) is 3.04. The molecule has 2 aromatic rings. The molecule has 168 valence electrons. The minimum absolute atomic E-state index is 0.0305. The van der Waals surface area contributed by atoms with E-state index >= 15 is 0 Å². The Kier molecular flexibility index (Phi) is 9.38. The number of carbonyl (C=O) groups excluding carboxylic acids is 2. The molecule has 0 fully saturated rings. The van der Waals surface area contributed by atoms with Gasteiger partial charge >= 0.3 is 0 Å². The second-order valence-corrected chi connectivity index (χ2v) is 8.53. The van der Waals surface area contributed by atoms with E-state index < -0.39 is 6.04 Å². The molecule has 2 aromatic carbocycles. The number of hydrogen-bond acceptors (Lipinski definition) is 3. The molecule has 6 heteroatoms. The van der Waals surface area contributed by atoms with E-state index in [9.17, 15) is 9.59 Å². The first-order chi connectivity index (χ1) is 14.7. The minimum atomic E-state index is -0.662. The first kappa shape index (κ1) is 24.7. The van der Waals surface area contributed by atoms with Crippen LogP contribution in [-0.4, -0.2) is 35.4 Å². The highest BCUT2D eigenvalue weighted by molar-refractivity contribution is 6.31. The number of hydrogen-bond donors (Lipinski definition) is 1. The molecule has 31 heavy (non-hydrogen) atoms. The average Bonchev–Trinajstić information content (AvgIpc) is 2.76. The molecule has 1 N–H and O–H groups in total. The minimum Gasteiger partial charge on any atom is -0.484 e. The van der Waals surface area contributed by atoms with Crippen LogP contribution in [-0.2, 0) is 16.1 Å². The van der Waals surface area contributed by atoms with Crippen molar-refractivity contribution in [3.05, 3.63) is 64.7 Å². The Balaban J connectivity index is 2.14. The number of ether oxygens (including phenoxy) is 1. The molecule has 0 spiro atoms. The third-order valence-corrected chi connectivity index (χ3v) is 5.74. The molecule has 0 aromatic heterocycles. The van der Waals surface area contributed by atoms with Gasteiger partial charge in [-0.1, -0.05) is 62.7 Å². The molecule has 0 aliphatic rings. The van der Waals surface area contributed by atoms with Gasteiger partial charge in [0.1, 0.15) is 11.8 Å². The summed E-state index contributed by atoms with van der Waals surface area (Å²) in [5.74, 6) is 0.564. The Labute approximate surface area is 190 Å². The van der Waals surface area contributed by atoms with Crippen LogP contribution in [0.1, 0.15) is 58.1 Å². The van der Waals surface area contributed by atoms with Crippen LogP contribution in [0.4, 0.5) is 0 Å². The van der Waals surface area contributed by atoms with E-state index in [4.69, 9.17) is 16.3 Å². The number of carbonyl (C=O) groups is 2. The average molecular weight is 445 g/mol. The highest BCUT2D eigenvalue weighted by Gasteiger charge is 2.27. The second-order valence-electron chi connectivity index (χ2n) is 8.12. The van der Waals surface area contributed by atoms with Gasteiger partial charge in [0.05, 0.1) is 0 Å². The van der Waals surface area contributed by atoms with Gasteiger partial charge in [-0.15, -0.1) is 0 Å². The third-order valence-electron chi connectivity index (χ3n) is 5.38. The van der Waals surface area contributed by atoms with Crippen LogP contribution in [0.25, 0.3) is 0 Å². The van der Waals surface area contributed by atoms with Gasteiger partial charge in [0.2, 0.25) is 5.91 Å². The summed E-state index contributed by atoms with van der Waals surface area (Å²) in [4.78, 5) is 27.3. The molecule has 0 radical (unpaired) electrons. The van der Waals surface area contributed by atoms with E-state index in [1.54, 1.807) is 13.0 Å². The molecule has 2 atom stereocenters. The Morgan fingerprint density at radius 1 is 1.03 bits per heavy atom. The number of nitrogens with one attached hydrogen (secondary N) is 1. The zero-order valence-electron chi connectivity index (χ0n) is 19.0. The van der Waals surface area contributed by atoms with Gasteiger partial charge in [0.15, 0.2) is 6.61 Å². The summed E-state index contributed by atoms with van der Waals surface area (Å²) in [5.41, 5.74) is 1.98. The fourth-order valence-corrected chi connectivity index (χ4v) is 3.23. The number of rotatable bonds is 10. The molecular formula is C25H33ClN2O3. The Morgan fingerprint density at radius 3 is 2.26 bits per heavy atom. The third kappa shape index (κ3) is 7.28. The van der Waals surface area contributed by atoms with Gasteiger partial charge in [0, 0.05) is 17.6 Å². The van der Waals surface area contributed by atoms with Gasteiger partial charge in [0.25, 0.3) is 5.91 Å². The van der Waals surface area contributed by atoms with Crippen molar-refractivity contribution in [2.24, 2.45) is 0 Å². The number of benzene rings is 2. The summed E-state index contributed by atoms with van der Waals surface area (Å²) in [7, 11) is 0. The maximum absolute atomic E-state index is 13.1. The Bertz CT molecular complexity index is 867. The predicted molar refractivity (Wildman–Crippen MR) is 125 cm³/mol. The summed E-state index contributed by atoms with van der Waals surface area (Å²) in [6.45, 7) is 9.98. The van der Waals surface area contributed by atoms with Crippen LogP contribution in [0, 0.1) is 0 Å². The van der Waals surface area contributed by atoms with Crippen molar-refractivity contribution in [2.45, 2.75) is 65.6 Å². The summed E-state index contributed by atoms with van der Waals surface area (Å²) in [6.07, 6.45) is 0.812. The lowest BCUT2D eigenvalue weighted by Gasteiger charge is -2.30. The molecule has 0 saturated heterocycles. The lowest BCUT2D eigenvalue weighted by molar-refractivity contribution is -0.142. The molecule has 0 saturated carbocycles. The Morgan fingerprint density at radius 2 is 1.68 bits per heavy atom. The lowest BCUT2D eigenvalue weighted by Crippen LogP contribution is -2.50. The van der Waals surface area contributed by atoms with Crippen molar-refractivity contribution in [1.82, 2.24) is 10.2 Å². The van der Waals surface area contributed by atoms with E-state index in [-0.39, 0.29) is 31.0 Å². The normalized spacial score (nSPS) is 12.9. The first-order valence-corrected chi connectivity index (χ1v) is 11.2. The molecular weight excluding hydrogens is 412 g/mol. The molecule has 0 aliphatic heterocycles. The van der Waals surface area contributed by atoms with Crippen molar-refractivity contribution in [2.75, 3.05) is 6.61 Å². The zero-order valence-corrected chi connectivity index (χ0v) is 19.8. The molecule has 2 unspecified atom stereocenters. The maximum atomic E-state index is 13.1. The van der Waals surface area contributed by atoms with E-state index in [1.165, 1.54) is 10.5 Å². The monoisotopic (exact) mass is 444 g/mol. The highest BCUT2D eigenvalue weighted by Crippen LogP contribution is 2.21. The predicted octanol–water partition coefficient (Wildman–Crippen LogP) is 5.17. The largest absolute Gasteiger partial charge is 0.484 e. The van der Waals surface area contributed by atoms with Gasteiger partial charge in [-0.2, -0.15) is 0 Å². The van der Waals surface area contributed by atoms with Crippen molar-refractivity contribution >= 4 is 23.4 Å². The van der Waals surface area contributed by atoms with Crippen molar-refractivity contribution < 1.29 is 14.3 Å². The summed E-state index contributed by atoms with van der Waals surface area (Å²) in [6, 6.07) is 14.4. The lowest BCUT2D eigenvalue weighted by atomic mass is 10.0. The number of nitrogens with zero attached hydrogens (tertiary/aromatic N) is 1. The van der Waals surface area contributed by atoms with Gasteiger partial charge in [-0.3, -0.25) is 9.59 Å². The Hall–Kier alpha value is -2.53. The van der Waals surface area contributed by atoms with E-state index in [1.807, 2.05) is 56.3 Å². The number of amides is 2. The van der Waals surface area contributed by atoms with Gasteiger partial charge in [-0.05, 0) is 55.5 Å². The number of halogens is 1. The van der Waals surface area contributed by atoms with E-state index in [2.05, 4.69) is 19.2 Å². The summed E-state index contributed by atoms with van der Waals surface area (Å²) >= 11 is 6.31. The second kappa shape index (κ2) is 11.8. The maximum Gasteiger partial charge on any atom is 0.261 e. The smallest absolute Gasteiger partial charge is 0.261 e. The van der Waals surface area contributed by atoms with Crippen LogP contribution in [0.5, 0.6) is 5.75 Å². The molecule has 5 nitrogen and oxygen atoms in total. The SMILES string of the molecule is CCC(C)NC(=O)C(C)N(Cc1ccccc1Cl)C(=O)COc1ccc(C(C)C)cc1. The van der Waals surface area contributed by atoms with Crippen LogP contribution in [0.3, 0.4) is 0 Å². The molecule has 0 bridgehead atoms. The van der Waals surface area contributed by atoms with Gasteiger partial charge in [-0.25, -0.2) is 0 Å². The van der Waals surface area contributed by atoms with E-state index in [0.717, 1.165) is 12.0 Å². The topological polar surface area (TPSA) is 58.6 Å². The standard InChI is InChI=1S/C25H33ClN2O3/c1-6-18(4)27-25(30)19(5)28(15-21-9-7-8-10-23(21)26)24(29)16-31-22-13-11-20(12-14-22)17(2)3/h7-14,17-19H,6,15-16H2,1-5H3,(H,27,30). The van der Waals surface area contributed by atoms with Gasteiger partial charge < -0.3 is 15.0 Å². The fraction of sp³-hybridized carbons (Fsp3) is 0.440. The molecule has 2 rings (SSSR count). The van der Waals surface area contributed by atoms with Crippen LogP contribution >= 0.6 is 11.6 Å². The van der Waals surface area contributed by atoms with Crippen LogP contribution < -0.4 is 10.1 Å². The molecule has 0 aliphatic carbocycles. The van der Waals surface area contributed by atoms with Crippen molar-refractivity contribution in [3.63, 3.8) is 0 Å². The van der Waals surface area contributed by atoms with Crippen molar-refractivity contribution in [1.29, 1.82) is 0 Å². The summed E-state index contributed by atoms with van der Waals surface area (Å²) in [5, 5.41) is 3.50. The van der Waals surface area contributed by atoms with E-state index in [0.29, 0.717) is 16.7 Å². The zero-order chi connectivity index (χ0) is 23.0. The van der Waals surface area contributed by atoms with Crippen LogP contribution in [0.2, 0.25) is 5.02 Å². The quantitative estimate of drug-likeness (QED) is 0.549. The highest BCUT2D eigenvalue weighted by atomic mass is 35.5. The first-order valence-electron chi connectivity index (χ1n) is 10.8.